The van der Waals surface area contributed by atoms with Crippen molar-refractivity contribution in [3.63, 3.8) is 0 Å². The number of rotatable bonds is 8. The third kappa shape index (κ3) is 6.66. The van der Waals surface area contributed by atoms with E-state index in [1.54, 1.807) is 0 Å². The van der Waals surface area contributed by atoms with Crippen LogP contribution >= 0.6 is 0 Å². The monoisotopic (exact) mass is 262 g/mol. The minimum Gasteiger partial charge on any atom is -0.490 e. The van der Waals surface area contributed by atoms with Gasteiger partial charge < -0.3 is 4.74 Å². The first-order chi connectivity index (χ1) is 9.04. The average Bonchev–Trinajstić information content (AvgIpc) is 2.37. The average molecular weight is 262 g/mol. The van der Waals surface area contributed by atoms with Crippen LogP contribution in [-0.2, 0) is 0 Å². The summed E-state index contributed by atoms with van der Waals surface area (Å²) >= 11 is 0. The van der Waals surface area contributed by atoms with Gasteiger partial charge in [-0.05, 0) is 30.4 Å². The second kappa shape index (κ2) is 8.24. The second-order valence-corrected chi connectivity index (χ2v) is 6.49. The molecule has 0 saturated heterocycles. The molecule has 1 unspecified atom stereocenters. The van der Waals surface area contributed by atoms with Crippen molar-refractivity contribution in [3.05, 3.63) is 30.3 Å². The van der Waals surface area contributed by atoms with Gasteiger partial charge in [-0.2, -0.15) is 0 Å². The van der Waals surface area contributed by atoms with Crippen LogP contribution in [0.25, 0.3) is 0 Å². The van der Waals surface area contributed by atoms with E-state index in [9.17, 15) is 0 Å². The topological polar surface area (TPSA) is 9.23 Å². The van der Waals surface area contributed by atoms with Crippen LogP contribution in [0.4, 0.5) is 0 Å². The van der Waals surface area contributed by atoms with Crippen LogP contribution in [0.2, 0.25) is 0 Å². The molecule has 0 heterocycles. The van der Waals surface area contributed by atoms with Crippen molar-refractivity contribution in [2.45, 2.75) is 72.3 Å². The summed E-state index contributed by atoms with van der Waals surface area (Å²) in [5.74, 6) is 0.996. The van der Waals surface area contributed by atoms with Gasteiger partial charge in [-0.3, -0.25) is 0 Å². The van der Waals surface area contributed by atoms with Crippen LogP contribution in [0.1, 0.15) is 66.2 Å². The van der Waals surface area contributed by atoms with Gasteiger partial charge in [-0.1, -0.05) is 71.6 Å². The lowest BCUT2D eigenvalue weighted by Gasteiger charge is -2.31. The molecule has 0 radical (unpaired) electrons. The summed E-state index contributed by atoms with van der Waals surface area (Å²) in [5, 5.41) is 0. The Kier molecular flexibility index (Phi) is 6.97. The lowest BCUT2D eigenvalue weighted by atomic mass is 9.85. The lowest BCUT2D eigenvalue weighted by Crippen LogP contribution is -2.32. The molecule has 19 heavy (non-hydrogen) atoms. The molecule has 1 nitrogen and oxygen atoms in total. The maximum Gasteiger partial charge on any atom is 0.119 e. The normalized spacial score (nSPS) is 13.3. The van der Waals surface area contributed by atoms with Gasteiger partial charge in [0.05, 0.1) is 0 Å². The number of benzene rings is 1. The highest BCUT2D eigenvalue weighted by molar-refractivity contribution is 5.21. The smallest absolute Gasteiger partial charge is 0.119 e. The maximum atomic E-state index is 6.19. The molecular weight excluding hydrogens is 232 g/mol. The minimum atomic E-state index is 0.195. The molecular formula is C18H30O. The van der Waals surface area contributed by atoms with Crippen molar-refractivity contribution in [1.29, 1.82) is 0 Å². The molecule has 108 valence electrons. The van der Waals surface area contributed by atoms with Crippen LogP contribution in [0.15, 0.2) is 30.3 Å². The highest BCUT2D eigenvalue weighted by Gasteiger charge is 2.25. The van der Waals surface area contributed by atoms with Gasteiger partial charge in [0.2, 0.25) is 0 Å². The Bertz CT molecular complexity index is 323. The molecule has 1 atom stereocenters. The Morgan fingerprint density at radius 1 is 0.947 bits per heavy atom. The second-order valence-electron chi connectivity index (χ2n) is 6.49. The van der Waals surface area contributed by atoms with Gasteiger partial charge in [-0.15, -0.1) is 0 Å². The van der Waals surface area contributed by atoms with Gasteiger partial charge >= 0.3 is 0 Å². The fraction of sp³-hybridized carbons (Fsp3) is 0.667. The van der Waals surface area contributed by atoms with Crippen molar-refractivity contribution >= 4 is 0 Å². The number of hydrogen-bond acceptors (Lipinski definition) is 1. The van der Waals surface area contributed by atoms with Crippen molar-refractivity contribution in [1.82, 2.24) is 0 Å². The third-order valence-electron chi connectivity index (χ3n) is 3.56. The van der Waals surface area contributed by atoms with E-state index < -0.39 is 0 Å². The summed E-state index contributed by atoms with van der Waals surface area (Å²) in [7, 11) is 0. The molecule has 0 aromatic heterocycles. The number of hydrogen-bond donors (Lipinski definition) is 0. The summed E-state index contributed by atoms with van der Waals surface area (Å²) in [5.41, 5.74) is 0.195. The van der Waals surface area contributed by atoms with Gasteiger partial charge in [0.1, 0.15) is 11.9 Å². The van der Waals surface area contributed by atoms with Crippen LogP contribution in [0, 0.1) is 5.41 Å². The first-order valence-electron chi connectivity index (χ1n) is 7.75. The van der Waals surface area contributed by atoms with E-state index in [0.717, 1.165) is 12.2 Å². The fourth-order valence-electron chi connectivity index (χ4n) is 2.27. The van der Waals surface area contributed by atoms with E-state index in [1.807, 2.05) is 18.2 Å². The van der Waals surface area contributed by atoms with Crippen LogP contribution < -0.4 is 4.74 Å². The van der Waals surface area contributed by atoms with E-state index in [4.69, 9.17) is 4.74 Å². The zero-order valence-corrected chi connectivity index (χ0v) is 13.1. The highest BCUT2D eigenvalue weighted by atomic mass is 16.5. The molecule has 1 rings (SSSR count). The Labute approximate surface area is 119 Å². The molecule has 0 aliphatic heterocycles. The first kappa shape index (κ1) is 16.1. The maximum absolute atomic E-state index is 6.19. The standard InChI is InChI=1S/C18H30O/c1-5-6-7-8-12-15-17(18(2,3)4)19-16-13-10-9-11-14-16/h9-11,13-14,17H,5-8,12,15H2,1-4H3. The summed E-state index contributed by atoms with van der Waals surface area (Å²) in [6.45, 7) is 9.07. The largest absolute Gasteiger partial charge is 0.490 e. The zero-order valence-electron chi connectivity index (χ0n) is 13.1. The van der Waals surface area contributed by atoms with Gasteiger partial charge in [0, 0.05) is 0 Å². The van der Waals surface area contributed by atoms with E-state index in [-0.39, 0.29) is 5.41 Å². The molecule has 1 aromatic carbocycles. The van der Waals surface area contributed by atoms with Crippen molar-refractivity contribution in [3.8, 4) is 5.75 Å². The van der Waals surface area contributed by atoms with Crippen LogP contribution in [0.3, 0.4) is 0 Å². The molecule has 0 fully saturated rings. The number of para-hydroxylation sites is 1. The highest BCUT2D eigenvalue weighted by Crippen LogP contribution is 2.28. The molecule has 0 N–H and O–H groups in total. The summed E-state index contributed by atoms with van der Waals surface area (Å²) in [6, 6.07) is 10.2. The Hall–Kier alpha value is -0.980. The minimum absolute atomic E-state index is 0.195. The predicted molar refractivity (Wildman–Crippen MR) is 83.7 cm³/mol. The van der Waals surface area contributed by atoms with Crippen molar-refractivity contribution < 1.29 is 4.74 Å². The first-order valence-corrected chi connectivity index (χ1v) is 7.75. The summed E-state index contributed by atoms with van der Waals surface area (Å²) in [4.78, 5) is 0. The van der Waals surface area contributed by atoms with Gasteiger partial charge in [0.15, 0.2) is 0 Å². The quantitative estimate of drug-likeness (QED) is 0.535. The molecule has 1 heteroatoms. The van der Waals surface area contributed by atoms with Crippen LogP contribution in [-0.4, -0.2) is 6.10 Å². The SMILES string of the molecule is CCCCCCCC(Oc1ccccc1)C(C)(C)C. The molecule has 0 saturated carbocycles. The third-order valence-corrected chi connectivity index (χ3v) is 3.56. The fourth-order valence-corrected chi connectivity index (χ4v) is 2.27. The lowest BCUT2D eigenvalue weighted by molar-refractivity contribution is 0.0763. The molecule has 0 amide bonds. The molecule has 0 aliphatic carbocycles. The zero-order chi connectivity index (χ0) is 14.1. The Balaban J connectivity index is 2.44. The van der Waals surface area contributed by atoms with Gasteiger partial charge in [0.25, 0.3) is 0 Å². The van der Waals surface area contributed by atoms with Crippen molar-refractivity contribution in [2.75, 3.05) is 0 Å². The van der Waals surface area contributed by atoms with Crippen molar-refractivity contribution in [2.24, 2.45) is 5.41 Å². The van der Waals surface area contributed by atoms with E-state index in [0.29, 0.717) is 6.10 Å². The van der Waals surface area contributed by atoms with E-state index in [1.165, 1.54) is 32.1 Å². The Morgan fingerprint density at radius 3 is 2.16 bits per heavy atom. The summed E-state index contributed by atoms with van der Waals surface area (Å²) < 4.78 is 6.19. The van der Waals surface area contributed by atoms with E-state index >= 15 is 0 Å². The molecule has 1 aromatic rings. The summed E-state index contributed by atoms with van der Waals surface area (Å²) in [6.07, 6.45) is 8.09. The Morgan fingerprint density at radius 2 is 1.58 bits per heavy atom. The van der Waals surface area contributed by atoms with E-state index in [2.05, 4.69) is 39.8 Å². The van der Waals surface area contributed by atoms with Gasteiger partial charge in [-0.25, -0.2) is 0 Å². The number of ether oxygens (including phenoxy) is 1. The molecule has 0 aliphatic rings. The number of unbranched alkanes of at least 4 members (excludes halogenated alkanes) is 4. The molecule has 0 bridgehead atoms. The predicted octanol–water partition coefficient (Wildman–Crippen LogP) is 5.84. The molecule has 0 spiro atoms. The van der Waals surface area contributed by atoms with Crippen LogP contribution in [0.5, 0.6) is 5.75 Å².